The maximum Gasteiger partial charge on any atom is 0.0566 e. The summed E-state index contributed by atoms with van der Waals surface area (Å²) in [4.78, 5) is 4.06. The maximum atomic E-state index is 6.11. The molecule has 0 aliphatic carbocycles. The number of hydrogen-bond donors (Lipinski definition) is 1. The van der Waals surface area contributed by atoms with E-state index < -0.39 is 0 Å². The Hall–Kier alpha value is -1.19. The van der Waals surface area contributed by atoms with Crippen LogP contribution in [0.3, 0.4) is 0 Å². The fourth-order valence-electron chi connectivity index (χ4n) is 1.42. The van der Waals surface area contributed by atoms with E-state index in [9.17, 15) is 0 Å². The van der Waals surface area contributed by atoms with Crippen molar-refractivity contribution in [2.24, 2.45) is 5.73 Å². The van der Waals surface area contributed by atoms with Gasteiger partial charge in [-0.25, -0.2) is 0 Å². The lowest BCUT2D eigenvalue weighted by molar-refractivity contribution is 0.863. The third-order valence-corrected chi connectivity index (χ3v) is 2.80. The summed E-state index contributed by atoms with van der Waals surface area (Å²) in [6.45, 7) is 0. The normalized spacial score (nSPS) is 12.4. The molecule has 1 atom stereocenters. The lowest BCUT2D eigenvalue weighted by Crippen LogP contribution is -2.11. The van der Waals surface area contributed by atoms with E-state index in [0.717, 1.165) is 15.6 Å². The van der Waals surface area contributed by atoms with Gasteiger partial charge in [-0.1, -0.05) is 34.1 Å². The largest absolute Gasteiger partial charge is 0.320 e. The molecule has 0 bridgehead atoms. The molecule has 2 nitrogen and oxygen atoms in total. The summed E-state index contributed by atoms with van der Waals surface area (Å²) in [7, 11) is 0. The number of nitrogens with two attached hydrogens (primary N) is 1. The van der Waals surface area contributed by atoms with Crippen molar-refractivity contribution in [3.8, 4) is 0 Å². The molecule has 1 unspecified atom stereocenters. The van der Waals surface area contributed by atoms with E-state index in [2.05, 4.69) is 20.9 Å². The van der Waals surface area contributed by atoms with Crippen LogP contribution in [-0.2, 0) is 0 Å². The van der Waals surface area contributed by atoms with Crippen LogP contribution in [0.15, 0.2) is 53.3 Å². The number of nitrogens with zero attached hydrogens (tertiary/aromatic N) is 1. The molecule has 2 aromatic rings. The highest BCUT2D eigenvalue weighted by molar-refractivity contribution is 9.10. The van der Waals surface area contributed by atoms with Gasteiger partial charge in [0.25, 0.3) is 0 Å². The summed E-state index contributed by atoms with van der Waals surface area (Å²) in [5.41, 5.74) is 8.23. The molecule has 0 amide bonds. The topological polar surface area (TPSA) is 38.9 Å². The second-order valence-corrected chi connectivity index (χ2v) is 4.23. The standard InChI is InChI=1S/C12H11BrN2/c13-11-5-3-9(4-6-11)12(14)10-2-1-7-15-8-10/h1-8,12H,14H2. The van der Waals surface area contributed by atoms with Gasteiger partial charge >= 0.3 is 0 Å². The molecule has 0 saturated carbocycles. The zero-order valence-corrected chi connectivity index (χ0v) is 9.68. The summed E-state index contributed by atoms with van der Waals surface area (Å²) in [5, 5.41) is 0. The van der Waals surface area contributed by atoms with Crippen LogP contribution >= 0.6 is 15.9 Å². The lowest BCUT2D eigenvalue weighted by Gasteiger charge is -2.11. The van der Waals surface area contributed by atoms with Gasteiger partial charge in [-0.05, 0) is 29.3 Å². The van der Waals surface area contributed by atoms with E-state index in [1.165, 1.54) is 0 Å². The number of pyridine rings is 1. The van der Waals surface area contributed by atoms with Crippen molar-refractivity contribution >= 4 is 15.9 Å². The Morgan fingerprint density at radius 3 is 2.40 bits per heavy atom. The summed E-state index contributed by atoms with van der Waals surface area (Å²) in [5.74, 6) is 0. The molecule has 0 saturated heterocycles. The SMILES string of the molecule is NC(c1ccc(Br)cc1)c1cccnc1. The van der Waals surface area contributed by atoms with Crippen molar-refractivity contribution < 1.29 is 0 Å². The second kappa shape index (κ2) is 4.55. The summed E-state index contributed by atoms with van der Waals surface area (Å²) in [6.07, 6.45) is 3.55. The fourth-order valence-corrected chi connectivity index (χ4v) is 1.69. The van der Waals surface area contributed by atoms with Crippen LogP contribution in [0.4, 0.5) is 0 Å². The predicted molar refractivity (Wildman–Crippen MR) is 64.4 cm³/mol. The van der Waals surface area contributed by atoms with Crippen LogP contribution in [0.2, 0.25) is 0 Å². The molecule has 0 aliphatic rings. The van der Waals surface area contributed by atoms with Gasteiger partial charge < -0.3 is 5.73 Å². The highest BCUT2D eigenvalue weighted by atomic mass is 79.9. The Kier molecular flexibility index (Phi) is 3.14. The minimum atomic E-state index is -0.105. The van der Waals surface area contributed by atoms with Crippen LogP contribution < -0.4 is 5.73 Å². The first-order valence-corrected chi connectivity index (χ1v) is 5.47. The number of benzene rings is 1. The van der Waals surface area contributed by atoms with Crippen molar-refractivity contribution in [3.63, 3.8) is 0 Å². The third-order valence-electron chi connectivity index (χ3n) is 2.27. The predicted octanol–water partition coefficient (Wildman–Crippen LogP) is 2.89. The highest BCUT2D eigenvalue weighted by Crippen LogP contribution is 2.20. The third kappa shape index (κ3) is 2.43. The molecule has 3 heteroatoms. The Labute approximate surface area is 97.3 Å². The molecule has 15 heavy (non-hydrogen) atoms. The zero-order valence-electron chi connectivity index (χ0n) is 8.10. The molecule has 0 radical (unpaired) electrons. The highest BCUT2D eigenvalue weighted by Gasteiger charge is 2.07. The van der Waals surface area contributed by atoms with Gasteiger partial charge in [0, 0.05) is 16.9 Å². The van der Waals surface area contributed by atoms with E-state index in [4.69, 9.17) is 5.73 Å². The first-order chi connectivity index (χ1) is 7.27. The van der Waals surface area contributed by atoms with Crippen LogP contribution in [-0.4, -0.2) is 4.98 Å². The Bertz CT molecular complexity index is 425. The van der Waals surface area contributed by atoms with Gasteiger partial charge in [-0.2, -0.15) is 0 Å². The van der Waals surface area contributed by atoms with Gasteiger partial charge in [0.1, 0.15) is 0 Å². The first-order valence-electron chi connectivity index (χ1n) is 4.68. The van der Waals surface area contributed by atoms with Gasteiger partial charge in [-0.15, -0.1) is 0 Å². The van der Waals surface area contributed by atoms with Gasteiger partial charge in [0.2, 0.25) is 0 Å². The van der Waals surface area contributed by atoms with Crippen LogP contribution in [0.5, 0.6) is 0 Å². The quantitative estimate of drug-likeness (QED) is 0.904. The van der Waals surface area contributed by atoms with Crippen molar-refractivity contribution in [1.82, 2.24) is 4.98 Å². The molecule has 0 spiro atoms. The first kappa shape index (κ1) is 10.3. The van der Waals surface area contributed by atoms with E-state index in [-0.39, 0.29) is 6.04 Å². The van der Waals surface area contributed by atoms with Crippen molar-refractivity contribution in [2.45, 2.75) is 6.04 Å². The van der Waals surface area contributed by atoms with E-state index >= 15 is 0 Å². The molecule has 2 N–H and O–H groups in total. The molecule has 1 aromatic heterocycles. The average molecular weight is 263 g/mol. The molecule has 0 aliphatic heterocycles. The smallest absolute Gasteiger partial charge is 0.0566 e. The van der Waals surface area contributed by atoms with E-state index in [1.807, 2.05) is 36.4 Å². The minimum absolute atomic E-state index is 0.105. The zero-order chi connectivity index (χ0) is 10.7. The van der Waals surface area contributed by atoms with E-state index in [1.54, 1.807) is 12.4 Å². The molecule has 1 heterocycles. The van der Waals surface area contributed by atoms with Crippen molar-refractivity contribution in [2.75, 3.05) is 0 Å². The fraction of sp³-hybridized carbons (Fsp3) is 0.0833. The van der Waals surface area contributed by atoms with Crippen molar-refractivity contribution in [1.29, 1.82) is 0 Å². The number of hydrogen-bond acceptors (Lipinski definition) is 2. The molecule has 2 rings (SSSR count). The van der Waals surface area contributed by atoms with Crippen molar-refractivity contribution in [3.05, 3.63) is 64.4 Å². The number of halogens is 1. The Balaban J connectivity index is 2.29. The summed E-state index contributed by atoms with van der Waals surface area (Å²) < 4.78 is 1.06. The molecule has 0 fully saturated rings. The summed E-state index contributed by atoms with van der Waals surface area (Å²) >= 11 is 3.40. The molecular weight excluding hydrogens is 252 g/mol. The second-order valence-electron chi connectivity index (χ2n) is 3.32. The lowest BCUT2D eigenvalue weighted by atomic mass is 10.0. The number of aromatic nitrogens is 1. The molecular formula is C12H11BrN2. The maximum absolute atomic E-state index is 6.11. The summed E-state index contributed by atoms with van der Waals surface area (Å²) in [6, 6.07) is 11.8. The van der Waals surface area contributed by atoms with Crippen LogP contribution in [0, 0.1) is 0 Å². The monoisotopic (exact) mass is 262 g/mol. The van der Waals surface area contributed by atoms with Crippen LogP contribution in [0.1, 0.15) is 17.2 Å². The van der Waals surface area contributed by atoms with E-state index in [0.29, 0.717) is 0 Å². The number of rotatable bonds is 2. The average Bonchev–Trinajstić information content (AvgIpc) is 2.30. The van der Waals surface area contributed by atoms with Crippen LogP contribution in [0.25, 0.3) is 0 Å². The Morgan fingerprint density at radius 2 is 1.80 bits per heavy atom. The van der Waals surface area contributed by atoms with Gasteiger partial charge in [0.15, 0.2) is 0 Å². The minimum Gasteiger partial charge on any atom is -0.320 e. The molecule has 1 aromatic carbocycles. The van der Waals surface area contributed by atoms with Gasteiger partial charge in [-0.3, -0.25) is 4.98 Å². The Morgan fingerprint density at radius 1 is 1.07 bits per heavy atom. The molecule has 76 valence electrons. The van der Waals surface area contributed by atoms with Gasteiger partial charge in [0.05, 0.1) is 6.04 Å².